The number of hydrogen-bond acceptors (Lipinski definition) is 5. The molecule has 1 aromatic carbocycles. The van der Waals surface area contributed by atoms with E-state index in [1.54, 1.807) is 23.0 Å². The van der Waals surface area contributed by atoms with E-state index in [2.05, 4.69) is 20.4 Å². The van der Waals surface area contributed by atoms with Crippen LogP contribution in [-0.4, -0.2) is 37.4 Å². The van der Waals surface area contributed by atoms with Gasteiger partial charge in [-0.25, -0.2) is 14.6 Å². The monoisotopic (exact) mass is 317 g/mol. The van der Waals surface area contributed by atoms with E-state index >= 15 is 0 Å². The summed E-state index contributed by atoms with van der Waals surface area (Å²) in [5.74, 6) is -0.305. The molecule has 7 nitrogen and oxygen atoms in total. The van der Waals surface area contributed by atoms with Crippen LogP contribution in [0.5, 0.6) is 0 Å². The first-order chi connectivity index (χ1) is 10.6. The van der Waals surface area contributed by atoms with Gasteiger partial charge in [0.2, 0.25) is 0 Å². The predicted octanol–water partition coefficient (Wildman–Crippen LogP) is 2.36. The summed E-state index contributed by atoms with van der Waals surface area (Å²) in [5, 5.41) is 17.3. The Morgan fingerprint density at radius 2 is 2.05 bits per heavy atom. The molecule has 0 spiro atoms. The van der Waals surface area contributed by atoms with E-state index < -0.39 is 5.97 Å². The van der Waals surface area contributed by atoms with E-state index in [0.29, 0.717) is 16.5 Å². The van der Waals surface area contributed by atoms with E-state index in [4.69, 9.17) is 16.7 Å². The first kappa shape index (κ1) is 14.3. The first-order valence-electron chi connectivity index (χ1n) is 6.55. The highest BCUT2D eigenvalue weighted by Gasteiger charge is 2.11. The SMILES string of the molecule is O=C(O)CCNc1ncnc2c1cnn2-c1ccc(Cl)cc1. The summed E-state index contributed by atoms with van der Waals surface area (Å²) in [5.41, 5.74) is 1.46. The van der Waals surface area contributed by atoms with Gasteiger partial charge in [-0.3, -0.25) is 4.79 Å². The Labute approximate surface area is 130 Å². The third-order valence-corrected chi connectivity index (χ3v) is 3.32. The van der Waals surface area contributed by atoms with Crippen molar-refractivity contribution in [3.8, 4) is 5.69 Å². The Bertz CT molecular complexity index is 816. The van der Waals surface area contributed by atoms with Crippen molar-refractivity contribution in [3.05, 3.63) is 41.8 Å². The van der Waals surface area contributed by atoms with Crippen LogP contribution >= 0.6 is 11.6 Å². The molecule has 0 amide bonds. The average Bonchev–Trinajstić information content (AvgIpc) is 2.92. The second kappa shape index (κ2) is 5.98. The van der Waals surface area contributed by atoms with Crippen molar-refractivity contribution in [2.75, 3.05) is 11.9 Å². The molecule has 0 aliphatic rings. The van der Waals surface area contributed by atoms with E-state index in [-0.39, 0.29) is 13.0 Å². The molecule has 0 fully saturated rings. The Morgan fingerprint density at radius 1 is 1.27 bits per heavy atom. The van der Waals surface area contributed by atoms with Crippen LogP contribution in [0.4, 0.5) is 5.82 Å². The molecule has 0 saturated carbocycles. The van der Waals surface area contributed by atoms with Gasteiger partial charge in [-0.2, -0.15) is 5.10 Å². The second-order valence-electron chi connectivity index (χ2n) is 4.56. The van der Waals surface area contributed by atoms with E-state index in [0.717, 1.165) is 11.1 Å². The van der Waals surface area contributed by atoms with E-state index in [9.17, 15) is 4.79 Å². The molecule has 2 heterocycles. The van der Waals surface area contributed by atoms with Gasteiger partial charge in [0.15, 0.2) is 5.65 Å². The molecule has 0 aliphatic heterocycles. The Morgan fingerprint density at radius 3 is 2.77 bits per heavy atom. The Kier molecular flexibility index (Phi) is 3.88. The van der Waals surface area contributed by atoms with Crippen molar-refractivity contribution in [2.45, 2.75) is 6.42 Å². The zero-order chi connectivity index (χ0) is 15.5. The summed E-state index contributed by atoms with van der Waals surface area (Å²) in [4.78, 5) is 18.9. The average molecular weight is 318 g/mol. The van der Waals surface area contributed by atoms with Crippen LogP contribution in [0.2, 0.25) is 5.02 Å². The number of carboxylic acids is 1. The summed E-state index contributed by atoms with van der Waals surface area (Å²) in [6, 6.07) is 7.23. The lowest BCUT2D eigenvalue weighted by atomic mass is 10.3. The van der Waals surface area contributed by atoms with Crippen molar-refractivity contribution < 1.29 is 9.90 Å². The number of nitrogens with one attached hydrogen (secondary N) is 1. The fraction of sp³-hybridized carbons (Fsp3) is 0.143. The number of halogens is 1. The van der Waals surface area contributed by atoms with Crippen molar-refractivity contribution in [3.63, 3.8) is 0 Å². The molecule has 3 rings (SSSR count). The van der Waals surface area contributed by atoms with Crippen molar-refractivity contribution in [2.24, 2.45) is 0 Å². The lowest BCUT2D eigenvalue weighted by Crippen LogP contribution is -2.09. The third kappa shape index (κ3) is 2.84. The summed E-state index contributed by atoms with van der Waals surface area (Å²) in [7, 11) is 0. The molecule has 22 heavy (non-hydrogen) atoms. The van der Waals surface area contributed by atoms with Crippen LogP contribution in [-0.2, 0) is 4.79 Å². The summed E-state index contributed by atoms with van der Waals surface area (Å²) >= 11 is 5.89. The number of nitrogens with zero attached hydrogens (tertiary/aromatic N) is 4. The number of anilines is 1. The number of carbonyl (C=O) groups is 1. The number of aliphatic carboxylic acids is 1. The van der Waals surface area contributed by atoms with Crippen molar-refractivity contribution >= 4 is 34.4 Å². The van der Waals surface area contributed by atoms with Gasteiger partial charge in [0, 0.05) is 11.6 Å². The Balaban J connectivity index is 1.94. The lowest BCUT2D eigenvalue weighted by molar-refractivity contribution is -0.136. The minimum absolute atomic E-state index is 0.0107. The number of aromatic nitrogens is 4. The van der Waals surface area contributed by atoms with Crippen molar-refractivity contribution in [1.82, 2.24) is 19.7 Å². The molecular formula is C14H12ClN5O2. The van der Waals surface area contributed by atoms with Gasteiger partial charge in [-0.05, 0) is 24.3 Å². The smallest absolute Gasteiger partial charge is 0.305 e. The third-order valence-electron chi connectivity index (χ3n) is 3.07. The van der Waals surface area contributed by atoms with E-state index in [1.807, 2.05) is 12.1 Å². The highest BCUT2D eigenvalue weighted by Crippen LogP contribution is 2.22. The fourth-order valence-electron chi connectivity index (χ4n) is 2.04. The molecule has 0 radical (unpaired) electrons. The van der Waals surface area contributed by atoms with E-state index in [1.165, 1.54) is 6.33 Å². The second-order valence-corrected chi connectivity index (χ2v) is 5.00. The summed E-state index contributed by atoms with van der Waals surface area (Å²) < 4.78 is 1.68. The molecule has 8 heteroatoms. The zero-order valence-electron chi connectivity index (χ0n) is 11.4. The molecule has 0 bridgehead atoms. The van der Waals surface area contributed by atoms with Gasteiger partial charge in [0.25, 0.3) is 0 Å². The first-order valence-corrected chi connectivity index (χ1v) is 6.93. The number of carboxylic acid groups (broad SMARTS) is 1. The van der Waals surface area contributed by atoms with Crippen molar-refractivity contribution in [1.29, 1.82) is 0 Å². The fourth-order valence-corrected chi connectivity index (χ4v) is 2.17. The molecule has 2 N–H and O–H groups in total. The molecule has 0 unspecified atom stereocenters. The minimum Gasteiger partial charge on any atom is -0.481 e. The summed E-state index contributed by atoms with van der Waals surface area (Å²) in [6.45, 7) is 0.285. The Hall–Kier alpha value is -2.67. The van der Waals surface area contributed by atoms with Crippen LogP contribution in [0.3, 0.4) is 0 Å². The van der Waals surface area contributed by atoms with Crippen LogP contribution in [0, 0.1) is 0 Å². The van der Waals surface area contributed by atoms with Crippen LogP contribution in [0.25, 0.3) is 16.7 Å². The van der Waals surface area contributed by atoms with Crippen LogP contribution < -0.4 is 5.32 Å². The normalized spacial score (nSPS) is 10.8. The molecule has 3 aromatic rings. The number of rotatable bonds is 5. The number of hydrogen-bond donors (Lipinski definition) is 2. The largest absolute Gasteiger partial charge is 0.481 e. The highest BCUT2D eigenvalue weighted by molar-refractivity contribution is 6.30. The zero-order valence-corrected chi connectivity index (χ0v) is 12.2. The van der Waals surface area contributed by atoms with Gasteiger partial charge in [-0.1, -0.05) is 11.6 Å². The molecule has 0 atom stereocenters. The topological polar surface area (TPSA) is 92.9 Å². The predicted molar refractivity (Wildman–Crippen MR) is 82.4 cm³/mol. The highest BCUT2D eigenvalue weighted by atomic mass is 35.5. The van der Waals surface area contributed by atoms with Gasteiger partial charge < -0.3 is 10.4 Å². The molecule has 2 aromatic heterocycles. The minimum atomic E-state index is -0.866. The maximum Gasteiger partial charge on any atom is 0.305 e. The molecule has 0 saturated heterocycles. The molecular weight excluding hydrogens is 306 g/mol. The number of fused-ring (bicyclic) bond motifs is 1. The molecule has 112 valence electrons. The van der Waals surface area contributed by atoms with Crippen LogP contribution in [0.15, 0.2) is 36.8 Å². The van der Waals surface area contributed by atoms with Gasteiger partial charge in [0.1, 0.15) is 12.1 Å². The lowest BCUT2D eigenvalue weighted by Gasteiger charge is -2.05. The van der Waals surface area contributed by atoms with Crippen LogP contribution in [0.1, 0.15) is 6.42 Å². The maximum atomic E-state index is 10.6. The maximum absolute atomic E-state index is 10.6. The quantitative estimate of drug-likeness (QED) is 0.750. The van der Waals surface area contributed by atoms with Gasteiger partial charge >= 0.3 is 5.97 Å². The molecule has 0 aliphatic carbocycles. The number of benzene rings is 1. The van der Waals surface area contributed by atoms with Gasteiger partial charge in [-0.15, -0.1) is 0 Å². The summed E-state index contributed by atoms with van der Waals surface area (Å²) in [6.07, 6.45) is 3.07. The van der Waals surface area contributed by atoms with Gasteiger partial charge in [0.05, 0.1) is 23.7 Å². The standard InChI is InChI=1S/C14H12ClN5O2/c15-9-1-3-10(4-2-9)20-14-11(7-19-20)13(17-8-18-14)16-6-5-12(21)22/h1-4,7-8H,5-6H2,(H,21,22)(H,16,17,18).